The Morgan fingerprint density at radius 2 is 1.55 bits per heavy atom. The van der Waals surface area contributed by atoms with Gasteiger partial charge in [-0.1, -0.05) is 30.3 Å². The van der Waals surface area contributed by atoms with Gasteiger partial charge in [-0.15, -0.1) is 0 Å². The first kappa shape index (κ1) is 16.9. The van der Waals surface area contributed by atoms with Gasteiger partial charge in [-0.3, -0.25) is 4.79 Å². The lowest BCUT2D eigenvalue weighted by atomic mass is 10.1. The Balaban J connectivity index is 2.75. The standard InChI is InChI=1S/C15H23NO3S/c1-12(2)16(13(3)4)20(18,19)11-10-15(17)14-8-6-5-7-9-14/h5-9,12-13H,10-11H2,1-4H3. The SMILES string of the molecule is CC(C)N(C(C)C)S(=O)(=O)CCC(=O)c1ccccc1. The molecule has 0 amide bonds. The Kier molecular flexibility index (Phi) is 5.89. The quantitative estimate of drug-likeness (QED) is 0.727. The second-order valence-electron chi connectivity index (χ2n) is 5.37. The summed E-state index contributed by atoms with van der Waals surface area (Å²) in [4.78, 5) is 12.0. The average Bonchev–Trinajstić information content (AvgIpc) is 2.35. The maximum Gasteiger partial charge on any atom is 0.215 e. The summed E-state index contributed by atoms with van der Waals surface area (Å²) in [5.74, 6) is -0.279. The summed E-state index contributed by atoms with van der Waals surface area (Å²) in [6.45, 7) is 7.38. The summed E-state index contributed by atoms with van der Waals surface area (Å²) in [5, 5.41) is 0. The highest BCUT2D eigenvalue weighted by molar-refractivity contribution is 7.89. The second kappa shape index (κ2) is 6.99. The minimum atomic E-state index is -3.41. The molecule has 0 aromatic heterocycles. The van der Waals surface area contributed by atoms with Gasteiger partial charge in [-0.2, -0.15) is 4.31 Å². The van der Waals surface area contributed by atoms with Crippen molar-refractivity contribution < 1.29 is 13.2 Å². The fraction of sp³-hybridized carbons (Fsp3) is 0.533. The molecule has 0 saturated carbocycles. The molecular weight excluding hydrogens is 274 g/mol. The van der Waals surface area contributed by atoms with Crippen molar-refractivity contribution in [1.82, 2.24) is 4.31 Å². The van der Waals surface area contributed by atoms with Crippen molar-refractivity contribution in [2.45, 2.75) is 46.2 Å². The lowest BCUT2D eigenvalue weighted by Crippen LogP contribution is -2.43. The number of carbonyl (C=O) groups is 1. The molecule has 0 unspecified atom stereocenters. The molecule has 112 valence electrons. The second-order valence-corrected chi connectivity index (χ2v) is 7.37. The number of carbonyl (C=O) groups excluding carboxylic acids is 1. The van der Waals surface area contributed by atoms with Crippen LogP contribution in [0.15, 0.2) is 30.3 Å². The highest BCUT2D eigenvalue weighted by Gasteiger charge is 2.28. The summed E-state index contributed by atoms with van der Waals surface area (Å²) >= 11 is 0. The molecule has 1 rings (SSSR count). The molecular formula is C15H23NO3S. The number of nitrogens with zero attached hydrogens (tertiary/aromatic N) is 1. The lowest BCUT2D eigenvalue weighted by Gasteiger charge is -2.29. The van der Waals surface area contributed by atoms with Crippen molar-refractivity contribution in [3.05, 3.63) is 35.9 Å². The maximum absolute atomic E-state index is 12.3. The fourth-order valence-electron chi connectivity index (χ4n) is 2.33. The van der Waals surface area contributed by atoms with E-state index in [1.54, 1.807) is 24.3 Å². The highest BCUT2D eigenvalue weighted by atomic mass is 32.2. The Bertz CT molecular complexity index is 527. The number of benzene rings is 1. The topological polar surface area (TPSA) is 54.5 Å². The van der Waals surface area contributed by atoms with Gasteiger partial charge < -0.3 is 0 Å². The first-order chi connectivity index (χ1) is 9.25. The molecule has 0 bridgehead atoms. The number of rotatable bonds is 7. The van der Waals surface area contributed by atoms with Crippen LogP contribution in [0.1, 0.15) is 44.5 Å². The molecule has 0 aliphatic rings. The van der Waals surface area contributed by atoms with Crippen LogP contribution < -0.4 is 0 Å². The zero-order valence-electron chi connectivity index (χ0n) is 12.5. The maximum atomic E-state index is 12.3. The highest BCUT2D eigenvalue weighted by Crippen LogP contribution is 2.14. The van der Waals surface area contributed by atoms with E-state index >= 15 is 0 Å². The van der Waals surface area contributed by atoms with E-state index in [1.807, 2.05) is 33.8 Å². The van der Waals surface area contributed by atoms with Crippen LogP contribution in [0.5, 0.6) is 0 Å². The third kappa shape index (κ3) is 4.42. The van der Waals surface area contributed by atoms with Gasteiger partial charge in [0.05, 0.1) is 5.75 Å². The molecule has 5 heteroatoms. The molecule has 0 aliphatic carbocycles. The molecule has 4 nitrogen and oxygen atoms in total. The molecule has 0 N–H and O–H groups in total. The normalized spacial score (nSPS) is 12.3. The Morgan fingerprint density at radius 1 is 1.05 bits per heavy atom. The van der Waals surface area contributed by atoms with Crippen molar-refractivity contribution in [2.24, 2.45) is 0 Å². The van der Waals surface area contributed by atoms with E-state index in [0.717, 1.165) is 0 Å². The monoisotopic (exact) mass is 297 g/mol. The number of hydrogen-bond acceptors (Lipinski definition) is 3. The number of sulfonamides is 1. The van der Waals surface area contributed by atoms with Gasteiger partial charge in [-0.05, 0) is 27.7 Å². The predicted octanol–water partition coefficient (Wildman–Crippen LogP) is 2.71. The van der Waals surface area contributed by atoms with E-state index in [9.17, 15) is 13.2 Å². The van der Waals surface area contributed by atoms with Gasteiger partial charge in [0.1, 0.15) is 0 Å². The van der Waals surface area contributed by atoms with Crippen LogP contribution in [0.2, 0.25) is 0 Å². The van der Waals surface area contributed by atoms with E-state index in [2.05, 4.69) is 0 Å². The van der Waals surface area contributed by atoms with Crippen LogP contribution in [-0.2, 0) is 10.0 Å². The number of ketones is 1. The van der Waals surface area contributed by atoms with Crippen molar-refractivity contribution in [1.29, 1.82) is 0 Å². The minimum Gasteiger partial charge on any atom is -0.294 e. The smallest absolute Gasteiger partial charge is 0.215 e. The molecule has 1 aromatic rings. The lowest BCUT2D eigenvalue weighted by molar-refractivity contribution is 0.0988. The average molecular weight is 297 g/mol. The van der Waals surface area contributed by atoms with Gasteiger partial charge in [0, 0.05) is 24.1 Å². The van der Waals surface area contributed by atoms with Crippen LogP contribution >= 0.6 is 0 Å². The molecule has 1 aromatic carbocycles. The van der Waals surface area contributed by atoms with Crippen LogP contribution in [0, 0.1) is 0 Å². The summed E-state index contributed by atoms with van der Waals surface area (Å²) in [5.41, 5.74) is 0.559. The van der Waals surface area contributed by atoms with Crippen molar-refractivity contribution in [3.8, 4) is 0 Å². The summed E-state index contributed by atoms with van der Waals surface area (Å²) in [7, 11) is -3.41. The summed E-state index contributed by atoms with van der Waals surface area (Å²) in [6, 6.07) is 8.58. The first-order valence-electron chi connectivity index (χ1n) is 6.85. The van der Waals surface area contributed by atoms with Crippen molar-refractivity contribution in [2.75, 3.05) is 5.75 Å². The molecule has 0 saturated heterocycles. The van der Waals surface area contributed by atoms with Gasteiger partial charge in [0.25, 0.3) is 0 Å². The van der Waals surface area contributed by atoms with Crippen molar-refractivity contribution in [3.63, 3.8) is 0 Å². The third-order valence-corrected chi connectivity index (χ3v) is 5.23. The van der Waals surface area contributed by atoms with Crippen LogP contribution in [0.3, 0.4) is 0 Å². The van der Waals surface area contributed by atoms with E-state index in [-0.39, 0.29) is 30.0 Å². The van der Waals surface area contributed by atoms with E-state index in [4.69, 9.17) is 0 Å². The summed E-state index contributed by atoms with van der Waals surface area (Å²) < 4.78 is 26.1. The van der Waals surface area contributed by atoms with E-state index in [0.29, 0.717) is 5.56 Å². The molecule has 0 spiro atoms. The summed E-state index contributed by atoms with van der Waals surface area (Å²) in [6.07, 6.45) is 0.0162. The molecule has 0 atom stereocenters. The van der Waals surface area contributed by atoms with E-state index in [1.165, 1.54) is 4.31 Å². The predicted molar refractivity (Wildman–Crippen MR) is 81.3 cm³/mol. The van der Waals surface area contributed by atoms with Gasteiger partial charge in [-0.25, -0.2) is 8.42 Å². The first-order valence-corrected chi connectivity index (χ1v) is 8.46. The third-order valence-electron chi connectivity index (χ3n) is 3.02. The zero-order chi connectivity index (χ0) is 15.3. The molecule has 20 heavy (non-hydrogen) atoms. The number of Topliss-reactive ketones (excluding diaryl/α,β-unsaturated/α-hetero) is 1. The van der Waals surface area contributed by atoms with Crippen molar-refractivity contribution >= 4 is 15.8 Å². The Labute approximate surface area is 121 Å². The van der Waals surface area contributed by atoms with Crippen LogP contribution in [0.4, 0.5) is 0 Å². The molecule has 0 radical (unpaired) electrons. The Morgan fingerprint density at radius 3 is 2.00 bits per heavy atom. The molecule has 0 fully saturated rings. The minimum absolute atomic E-state index is 0.0162. The van der Waals surface area contributed by atoms with Gasteiger partial charge in [0.2, 0.25) is 10.0 Å². The molecule has 0 aliphatic heterocycles. The van der Waals surface area contributed by atoms with Crippen LogP contribution in [-0.4, -0.2) is 36.3 Å². The van der Waals surface area contributed by atoms with Crippen LogP contribution in [0.25, 0.3) is 0 Å². The number of hydrogen-bond donors (Lipinski definition) is 0. The fourth-order valence-corrected chi connectivity index (χ4v) is 4.27. The Hall–Kier alpha value is -1.20. The van der Waals surface area contributed by atoms with E-state index < -0.39 is 10.0 Å². The zero-order valence-corrected chi connectivity index (χ0v) is 13.4. The van der Waals surface area contributed by atoms with Gasteiger partial charge >= 0.3 is 0 Å². The molecule has 0 heterocycles. The van der Waals surface area contributed by atoms with Gasteiger partial charge in [0.15, 0.2) is 5.78 Å². The largest absolute Gasteiger partial charge is 0.294 e.